The van der Waals surface area contributed by atoms with Gasteiger partial charge in [0.15, 0.2) is 0 Å². The van der Waals surface area contributed by atoms with E-state index in [1.807, 2.05) is 0 Å². The maximum Gasteiger partial charge on any atom is 0.116 e. The van der Waals surface area contributed by atoms with Crippen LogP contribution in [0.25, 0.3) is 0 Å². The second kappa shape index (κ2) is 11.7. The zero-order valence-electron chi connectivity index (χ0n) is 14.2. The number of ether oxygens (including phenoxy) is 1. The summed E-state index contributed by atoms with van der Waals surface area (Å²) in [5.41, 5.74) is 0. The first-order valence-electron chi connectivity index (χ1n) is 8.11. The van der Waals surface area contributed by atoms with Crippen molar-refractivity contribution >= 4 is 25.8 Å². The molecular formula is C16H36MoOS2. The van der Waals surface area contributed by atoms with E-state index in [2.05, 4.69) is 34.6 Å². The van der Waals surface area contributed by atoms with Crippen LogP contribution < -0.4 is 0 Å². The zero-order chi connectivity index (χ0) is 14.8. The van der Waals surface area contributed by atoms with Gasteiger partial charge in [-0.1, -0.05) is 34.6 Å². The quantitative estimate of drug-likeness (QED) is 0.291. The molecule has 20 heavy (non-hydrogen) atoms. The van der Waals surface area contributed by atoms with E-state index in [1.54, 1.807) is 0 Å². The Kier molecular flexibility index (Phi) is 13.8. The van der Waals surface area contributed by atoms with Gasteiger partial charge in [0.25, 0.3) is 0 Å². The molecule has 0 radical (unpaired) electrons. The standard InChI is InChI=1S/C16H36OS2.Mo/c1-6-11-17-16(18)19(12-7-2,13-8-3,14-9-4)15-10-5;/h18H,6-15H2,1-5H3;. The topological polar surface area (TPSA) is 9.23 Å². The molecule has 0 N–H and O–H groups in total. The van der Waals surface area contributed by atoms with Crippen molar-refractivity contribution in [2.45, 2.75) is 66.7 Å². The average Bonchev–Trinajstić information content (AvgIpc) is 2.37. The molecule has 0 saturated heterocycles. The van der Waals surface area contributed by atoms with Gasteiger partial charge in [-0.05, 0) is 55.1 Å². The Morgan fingerprint density at radius 3 is 1.35 bits per heavy atom. The van der Waals surface area contributed by atoms with Crippen LogP contribution in [0.4, 0.5) is 0 Å². The minimum atomic E-state index is -1.62. The van der Waals surface area contributed by atoms with E-state index in [9.17, 15) is 0 Å². The molecule has 1 nitrogen and oxygen atoms in total. The van der Waals surface area contributed by atoms with Crippen molar-refractivity contribution in [3.8, 4) is 0 Å². The van der Waals surface area contributed by atoms with Crippen LogP contribution in [0.3, 0.4) is 0 Å². The molecule has 0 aliphatic carbocycles. The molecule has 0 fully saturated rings. The monoisotopic (exact) mass is 406 g/mol. The minimum Gasteiger partial charge on any atom is -0.336 e. The molecule has 0 aromatic carbocycles. The van der Waals surface area contributed by atoms with Crippen molar-refractivity contribution in [2.24, 2.45) is 0 Å². The van der Waals surface area contributed by atoms with E-state index < -0.39 is 8.75 Å². The third-order valence-electron chi connectivity index (χ3n) is 3.88. The summed E-state index contributed by atoms with van der Waals surface area (Å²) in [6.45, 7) is 12.3. The number of rotatable bonds is 10. The number of hydrogen-bond acceptors (Lipinski definition) is 1. The molecule has 124 valence electrons. The number of hydrogen-bond donors (Lipinski definition) is 1. The van der Waals surface area contributed by atoms with Crippen molar-refractivity contribution in [3.63, 3.8) is 0 Å². The van der Waals surface area contributed by atoms with Crippen LogP contribution >= 0.6 is 21.4 Å². The third-order valence-corrected chi connectivity index (χ3v) is 12.6. The Morgan fingerprint density at radius 2 is 1.10 bits per heavy atom. The molecule has 0 atom stereocenters. The second-order valence-electron chi connectivity index (χ2n) is 5.73. The number of thiol groups is 1. The molecule has 0 heterocycles. The first kappa shape index (κ1) is 23.5. The molecule has 0 unspecified atom stereocenters. The average molecular weight is 405 g/mol. The van der Waals surface area contributed by atoms with Gasteiger partial charge in [0.05, 0.1) is 6.61 Å². The first-order chi connectivity index (χ1) is 9.04. The van der Waals surface area contributed by atoms with Crippen LogP contribution in [0.5, 0.6) is 0 Å². The van der Waals surface area contributed by atoms with E-state index >= 15 is 0 Å². The maximum atomic E-state index is 6.10. The Labute approximate surface area is 147 Å². The fraction of sp³-hybridized carbons (Fsp3) is 0.938. The van der Waals surface area contributed by atoms with Gasteiger partial charge in [0.2, 0.25) is 0 Å². The van der Waals surface area contributed by atoms with E-state index in [0.29, 0.717) is 0 Å². The van der Waals surface area contributed by atoms with E-state index in [4.69, 9.17) is 17.4 Å². The van der Waals surface area contributed by atoms with Gasteiger partial charge in [-0.25, -0.2) is 8.75 Å². The van der Waals surface area contributed by atoms with Crippen LogP contribution in [0, 0.1) is 0 Å². The van der Waals surface area contributed by atoms with E-state index in [1.165, 1.54) is 48.7 Å². The summed E-state index contributed by atoms with van der Waals surface area (Å²) in [4.78, 5) is 0. The Balaban J connectivity index is 0. The molecule has 0 aliphatic heterocycles. The van der Waals surface area contributed by atoms with Crippen LogP contribution in [-0.2, 0) is 25.8 Å². The maximum absolute atomic E-state index is 6.10. The molecule has 0 saturated carbocycles. The molecule has 0 aliphatic rings. The zero-order valence-corrected chi connectivity index (χ0v) is 18.0. The fourth-order valence-corrected chi connectivity index (χ4v) is 11.3. The van der Waals surface area contributed by atoms with E-state index in [-0.39, 0.29) is 21.1 Å². The summed E-state index contributed by atoms with van der Waals surface area (Å²) in [5.74, 6) is 5.26. The summed E-state index contributed by atoms with van der Waals surface area (Å²) in [6, 6.07) is 0. The predicted molar refractivity (Wildman–Crippen MR) is 98.5 cm³/mol. The third kappa shape index (κ3) is 5.78. The van der Waals surface area contributed by atoms with Crippen LogP contribution in [0.2, 0.25) is 0 Å². The summed E-state index contributed by atoms with van der Waals surface area (Å²) < 4.78 is 7.23. The Morgan fingerprint density at radius 1 is 0.750 bits per heavy atom. The van der Waals surface area contributed by atoms with Gasteiger partial charge in [-0.2, -0.15) is 0 Å². The minimum absolute atomic E-state index is 0. The molecular weight excluding hydrogens is 368 g/mol. The SMILES string of the molecule is CCCOC(S)=S(CCC)(CCC)(CCC)CCC.[Mo]. The molecule has 4 heteroatoms. The normalized spacial score (nSPS) is 13.4. The van der Waals surface area contributed by atoms with Crippen molar-refractivity contribution in [3.05, 3.63) is 0 Å². The van der Waals surface area contributed by atoms with Crippen molar-refractivity contribution < 1.29 is 25.8 Å². The van der Waals surface area contributed by atoms with Crippen molar-refractivity contribution in [1.29, 1.82) is 0 Å². The van der Waals surface area contributed by atoms with Crippen molar-refractivity contribution in [2.75, 3.05) is 29.6 Å². The first-order valence-corrected chi connectivity index (χ1v) is 11.3. The van der Waals surface area contributed by atoms with Gasteiger partial charge >= 0.3 is 0 Å². The summed E-state index contributed by atoms with van der Waals surface area (Å²) in [7, 11) is -1.62. The van der Waals surface area contributed by atoms with Gasteiger partial charge in [0, 0.05) is 21.1 Å². The van der Waals surface area contributed by atoms with Crippen LogP contribution in [0.15, 0.2) is 0 Å². The van der Waals surface area contributed by atoms with Gasteiger partial charge in [-0.15, -0.1) is 12.6 Å². The molecule has 0 bridgehead atoms. The molecule has 0 amide bonds. The smallest absolute Gasteiger partial charge is 0.116 e. The molecule has 0 aromatic rings. The predicted octanol–water partition coefficient (Wildman–Crippen LogP) is 5.41. The second-order valence-corrected chi connectivity index (χ2v) is 12.0. The van der Waals surface area contributed by atoms with Crippen molar-refractivity contribution in [1.82, 2.24) is 0 Å². The summed E-state index contributed by atoms with van der Waals surface area (Å²) in [6.07, 6.45) is 6.08. The van der Waals surface area contributed by atoms with Crippen LogP contribution in [-0.4, -0.2) is 34.0 Å². The van der Waals surface area contributed by atoms with E-state index in [0.717, 1.165) is 17.4 Å². The summed E-state index contributed by atoms with van der Waals surface area (Å²) in [5, 5.41) is 0. The summed E-state index contributed by atoms with van der Waals surface area (Å²) >= 11 is 4.91. The van der Waals surface area contributed by atoms with Crippen LogP contribution in [0.1, 0.15) is 66.7 Å². The Bertz CT molecular complexity index is 268. The largest absolute Gasteiger partial charge is 0.336 e. The molecule has 0 aromatic heterocycles. The molecule has 0 rings (SSSR count). The fourth-order valence-electron chi connectivity index (χ4n) is 3.46. The van der Waals surface area contributed by atoms with Gasteiger partial charge in [0.1, 0.15) is 4.38 Å². The molecule has 0 spiro atoms. The Hall–Kier alpha value is 1.22. The van der Waals surface area contributed by atoms with Gasteiger partial charge in [-0.3, -0.25) is 0 Å². The van der Waals surface area contributed by atoms with Gasteiger partial charge < -0.3 is 4.74 Å².